The fraction of sp³-hybridized carbons (Fsp3) is 0.857. The van der Waals surface area contributed by atoms with Gasteiger partial charge in [0, 0.05) is 19.5 Å². The molecule has 0 bridgehead atoms. The van der Waals surface area contributed by atoms with E-state index in [0.717, 1.165) is 24.2 Å². The zero-order valence-electron chi connectivity index (χ0n) is 16.7. The summed E-state index contributed by atoms with van der Waals surface area (Å²) in [6.07, 6.45) is 16.5. The van der Waals surface area contributed by atoms with Gasteiger partial charge in [-0.2, -0.15) is 0 Å². The lowest BCUT2D eigenvalue weighted by Gasteiger charge is -2.24. The summed E-state index contributed by atoms with van der Waals surface area (Å²) in [6.45, 7) is 3.28. The summed E-state index contributed by atoms with van der Waals surface area (Å²) in [5.74, 6) is -1.32. The summed E-state index contributed by atoms with van der Waals surface area (Å²) in [7, 11) is 0. The van der Waals surface area contributed by atoms with E-state index in [-0.39, 0.29) is 18.9 Å². The SMILES string of the molecule is CCCCCCCCCCCCCCCC(=O)C(=O)N1CCNCC1=O. The fourth-order valence-corrected chi connectivity index (χ4v) is 3.38. The minimum absolute atomic E-state index is 0.151. The Morgan fingerprint density at radius 1 is 0.846 bits per heavy atom. The van der Waals surface area contributed by atoms with E-state index >= 15 is 0 Å². The van der Waals surface area contributed by atoms with Gasteiger partial charge in [-0.3, -0.25) is 19.3 Å². The lowest BCUT2D eigenvalue weighted by atomic mass is 10.0. The van der Waals surface area contributed by atoms with Crippen LogP contribution in [0.5, 0.6) is 0 Å². The number of piperazine rings is 1. The number of rotatable bonds is 15. The molecule has 0 aromatic rings. The first-order valence-electron chi connectivity index (χ1n) is 10.7. The van der Waals surface area contributed by atoms with Gasteiger partial charge < -0.3 is 5.32 Å². The first kappa shape index (κ1) is 22.8. The Labute approximate surface area is 159 Å². The van der Waals surface area contributed by atoms with E-state index in [1.807, 2.05) is 0 Å². The van der Waals surface area contributed by atoms with Gasteiger partial charge in [0.1, 0.15) is 0 Å². The number of nitrogens with one attached hydrogen (secondary N) is 1. The molecule has 0 unspecified atom stereocenters. The van der Waals surface area contributed by atoms with Gasteiger partial charge in [-0.25, -0.2) is 0 Å². The molecule has 0 spiro atoms. The largest absolute Gasteiger partial charge is 0.307 e. The molecule has 1 aliphatic heterocycles. The minimum atomic E-state index is -0.615. The average molecular weight is 367 g/mol. The van der Waals surface area contributed by atoms with E-state index < -0.39 is 11.7 Å². The van der Waals surface area contributed by atoms with Gasteiger partial charge in [0.05, 0.1) is 6.54 Å². The first-order valence-corrected chi connectivity index (χ1v) is 10.7. The van der Waals surface area contributed by atoms with Crippen molar-refractivity contribution < 1.29 is 14.4 Å². The molecule has 1 aliphatic rings. The summed E-state index contributed by atoms with van der Waals surface area (Å²) in [4.78, 5) is 36.6. The fourth-order valence-electron chi connectivity index (χ4n) is 3.38. The number of ketones is 1. The molecule has 1 rings (SSSR count). The summed E-state index contributed by atoms with van der Waals surface area (Å²) >= 11 is 0. The number of hydrogen-bond acceptors (Lipinski definition) is 4. The third kappa shape index (κ3) is 10.0. The average Bonchev–Trinajstić information content (AvgIpc) is 2.65. The van der Waals surface area contributed by atoms with Crippen LogP contribution in [0, 0.1) is 0 Å². The molecule has 2 amide bonds. The normalized spacial score (nSPS) is 14.7. The highest BCUT2D eigenvalue weighted by Crippen LogP contribution is 2.13. The number of Topliss-reactive ketones (excluding diaryl/α,β-unsaturated/α-hetero) is 1. The van der Waals surface area contributed by atoms with E-state index in [1.54, 1.807) is 0 Å². The molecule has 26 heavy (non-hydrogen) atoms. The van der Waals surface area contributed by atoms with Crippen molar-refractivity contribution in [2.24, 2.45) is 0 Å². The van der Waals surface area contributed by atoms with Crippen molar-refractivity contribution in [1.29, 1.82) is 0 Å². The molecule has 0 saturated carbocycles. The summed E-state index contributed by atoms with van der Waals surface area (Å²) in [5, 5.41) is 2.90. The molecule has 150 valence electrons. The molecule has 5 heteroatoms. The Kier molecular flexibility index (Phi) is 13.1. The second-order valence-corrected chi connectivity index (χ2v) is 7.44. The molecule has 0 aromatic heterocycles. The third-order valence-electron chi connectivity index (χ3n) is 5.08. The van der Waals surface area contributed by atoms with Crippen molar-refractivity contribution in [2.45, 2.75) is 96.8 Å². The highest BCUT2D eigenvalue weighted by molar-refractivity contribution is 6.38. The highest BCUT2D eigenvalue weighted by Gasteiger charge is 2.28. The van der Waals surface area contributed by atoms with Gasteiger partial charge in [0.15, 0.2) is 0 Å². The molecular formula is C21H38N2O3. The van der Waals surface area contributed by atoms with Crippen LogP contribution in [-0.4, -0.2) is 42.1 Å². The van der Waals surface area contributed by atoms with Crippen LogP contribution in [0.4, 0.5) is 0 Å². The smallest absolute Gasteiger partial charge is 0.296 e. The minimum Gasteiger partial charge on any atom is -0.307 e. The standard InChI is InChI=1S/C21H38N2O3/c1-2-3-4-5-6-7-8-9-10-11-12-13-14-15-19(24)21(26)23-17-16-22-18-20(23)25/h22H,2-18H2,1H3. The van der Waals surface area contributed by atoms with Crippen molar-refractivity contribution >= 4 is 17.6 Å². The zero-order valence-corrected chi connectivity index (χ0v) is 16.7. The molecular weight excluding hydrogens is 328 g/mol. The van der Waals surface area contributed by atoms with Gasteiger partial charge >= 0.3 is 0 Å². The Bertz CT molecular complexity index is 423. The van der Waals surface area contributed by atoms with Crippen LogP contribution in [0.2, 0.25) is 0 Å². The Morgan fingerprint density at radius 2 is 1.35 bits per heavy atom. The van der Waals surface area contributed by atoms with E-state index in [9.17, 15) is 14.4 Å². The van der Waals surface area contributed by atoms with Gasteiger partial charge in [-0.1, -0.05) is 84.0 Å². The number of carbonyl (C=O) groups is 3. The first-order chi connectivity index (χ1) is 12.7. The lowest BCUT2D eigenvalue weighted by molar-refractivity contribution is -0.152. The van der Waals surface area contributed by atoms with Gasteiger partial charge in [-0.15, -0.1) is 0 Å². The summed E-state index contributed by atoms with van der Waals surface area (Å²) in [6, 6.07) is 0. The van der Waals surface area contributed by atoms with Crippen molar-refractivity contribution in [3.63, 3.8) is 0 Å². The number of hydrogen-bond donors (Lipinski definition) is 1. The molecule has 0 aliphatic carbocycles. The predicted octanol–water partition coefficient (Wildman–Crippen LogP) is 4.00. The van der Waals surface area contributed by atoms with Gasteiger partial charge in [0.2, 0.25) is 11.7 Å². The summed E-state index contributed by atoms with van der Waals surface area (Å²) in [5.41, 5.74) is 0. The van der Waals surface area contributed by atoms with Crippen LogP contribution in [0.3, 0.4) is 0 Å². The molecule has 0 aromatic carbocycles. The van der Waals surface area contributed by atoms with Crippen LogP contribution < -0.4 is 5.32 Å². The van der Waals surface area contributed by atoms with Crippen molar-refractivity contribution in [3.05, 3.63) is 0 Å². The molecule has 1 heterocycles. The number of unbranched alkanes of at least 4 members (excludes halogenated alkanes) is 12. The number of nitrogens with zero attached hydrogens (tertiary/aromatic N) is 1. The molecule has 0 radical (unpaired) electrons. The van der Waals surface area contributed by atoms with Crippen molar-refractivity contribution in [2.75, 3.05) is 19.6 Å². The Hall–Kier alpha value is -1.23. The summed E-state index contributed by atoms with van der Waals surface area (Å²) < 4.78 is 0. The maximum atomic E-state index is 12.0. The number of amides is 2. The zero-order chi connectivity index (χ0) is 19.0. The van der Waals surface area contributed by atoms with Crippen LogP contribution >= 0.6 is 0 Å². The second kappa shape index (κ2) is 14.9. The highest BCUT2D eigenvalue weighted by atomic mass is 16.2. The Morgan fingerprint density at radius 3 is 1.85 bits per heavy atom. The van der Waals surface area contributed by atoms with E-state index in [1.165, 1.54) is 64.2 Å². The molecule has 1 fully saturated rings. The predicted molar refractivity (Wildman–Crippen MR) is 105 cm³/mol. The molecule has 0 atom stereocenters. The Balaban J connectivity index is 1.91. The van der Waals surface area contributed by atoms with E-state index in [4.69, 9.17) is 0 Å². The van der Waals surface area contributed by atoms with Crippen LogP contribution in [0.25, 0.3) is 0 Å². The van der Waals surface area contributed by atoms with Crippen LogP contribution in [0.15, 0.2) is 0 Å². The van der Waals surface area contributed by atoms with E-state index in [0.29, 0.717) is 13.1 Å². The van der Waals surface area contributed by atoms with Gasteiger partial charge in [0.25, 0.3) is 5.91 Å². The third-order valence-corrected chi connectivity index (χ3v) is 5.08. The molecule has 1 N–H and O–H groups in total. The maximum absolute atomic E-state index is 12.0. The molecule has 1 saturated heterocycles. The second-order valence-electron chi connectivity index (χ2n) is 7.44. The number of imide groups is 1. The lowest BCUT2D eigenvalue weighted by Crippen LogP contribution is -2.52. The molecule has 5 nitrogen and oxygen atoms in total. The van der Waals surface area contributed by atoms with E-state index in [2.05, 4.69) is 12.2 Å². The van der Waals surface area contributed by atoms with Gasteiger partial charge in [-0.05, 0) is 6.42 Å². The van der Waals surface area contributed by atoms with Crippen molar-refractivity contribution in [1.82, 2.24) is 10.2 Å². The maximum Gasteiger partial charge on any atom is 0.296 e. The monoisotopic (exact) mass is 366 g/mol. The quantitative estimate of drug-likeness (QED) is 0.351. The van der Waals surface area contributed by atoms with Crippen LogP contribution in [-0.2, 0) is 14.4 Å². The number of carbonyl (C=O) groups excluding carboxylic acids is 3. The topological polar surface area (TPSA) is 66.5 Å². The van der Waals surface area contributed by atoms with Crippen LogP contribution in [0.1, 0.15) is 96.8 Å². The van der Waals surface area contributed by atoms with Crippen molar-refractivity contribution in [3.8, 4) is 0 Å².